The van der Waals surface area contributed by atoms with E-state index in [0.29, 0.717) is 6.42 Å². The highest BCUT2D eigenvalue weighted by molar-refractivity contribution is 5.94. The first-order chi connectivity index (χ1) is 10.2. The fourth-order valence-electron chi connectivity index (χ4n) is 3.06. The summed E-state index contributed by atoms with van der Waals surface area (Å²) in [6.07, 6.45) is 8.39. The molecule has 0 spiro atoms. The molecule has 1 fully saturated rings. The molecular formula is C17H23N3O. The van der Waals surface area contributed by atoms with Gasteiger partial charge in [-0.25, -0.2) is 0 Å². The summed E-state index contributed by atoms with van der Waals surface area (Å²) in [5.74, 6) is -0.0632. The van der Waals surface area contributed by atoms with Gasteiger partial charge >= 0.3 is 0 Å². The van der Waals surface area contributed by atoms with Crippen LogP contribution in [-0.4, -0.2) is 25.0 Å². The number of rotatable bonds is 3. The van der Waals surface area contributed by atoms with Gasteiger partial charge in [-0.1, -0.05) is 12.2 Å². The van der Waals surface area contributed by atoms with Crippen molar-refractivity contribution >= 4 is 17.3 Å². The largest absolute Gasteiger partial charge is 0.372 e. The highest BCUT2D eigenvalue weighted by Gasteiger charge is 2.22. The van der Waals surface area contributed by atoms with Gasteiger partial charge in [-0.15, -0.1) is 0 Å². The first-order valence-electron chi connectivity index (χ1n) is 7.82. The summed E-state index contributed by atoms with van der Waals surface area (Å²) in [4.78, 5) is 14.5. The van der Waals surface area contributed by atoms with Crippen molar-refractivity contribution in [3.05, 3.63) is 36.4 Å². The molecular weight excluding hydrogens is 262 g/mol. The molecule has 1 aromatic rings. The summed E-state index contributed by atoms with van der Waals surface area (Å²) >= 11 is 0. The lowest BCUT2D eigenvalue weighted by Crippen LogP contribution is -2.29. The van der Waals surface area contributed by atoms with Crippen molar-refractivity contribution < 1.29 is 4.79 Å². The second kappa shape index (κ2) is 6.31. The molecule has 1 saturated heterocycles. The van der Waals surface area contributed by atoms with Crippen molar-refractivity contribution in [2.24, 2.45) is 11.7 Å². The fraction of sp³-hybridized carbons (Fsp3) is 0.471. The monoisotopic (exact) mass is 285 g/mol. The predicted octanol–water partition coefficient (Wildman–Crippen LogP) is 2.52. The molecule has 1 amide bonds. The summed E-state index contributed by atoms with van der Waals surface area (Å²) in [6.45, 7) is 2.27. The Balaban J connectivity index is 1.59. The second-order valence-corrected chi connectivity index (χ2v) is 5.97. The van der Waals surface area contributed by atoms with Crippen molar-refractivity contribution in [1.29, 1.82) is 0 Å². The van der Waals surface area contributed by atoms with E-state index in [-0.39, 0.29) is 17.9 Å². The Kier molecular flexibility index (Phi) is 4.25. The third kappa shape index (κ3) is 3.45. The van der Waals surface area contributed by atoms with Crippen LogP contribution in [0.1, 0.15) is 25.7 Å². The van der Waals surface area contributed by atoms with Gasteiger partial charge in [0.1, 0.15) is 0 Å². The van der Waals surface area contributed by atoms with Crippen molar-refractivity contribution in [3.63, 3.8) is 0 Å². The number of benzene rings is 1. The van der Waals surface area contributed by atoms with E-state index in [1.807, 2.05) is 24.3 Å². The van der Waals surface area contributed by atoms with Crippen LogP contribution in [0, 0.1) is 5.92 Å². The number of carbonyl (C=O) groups excluding carboxylic acids is 1. The molecule has 3 N–H and O–H groups in total. The molecule has 1 aliphatic carbocycles. The van der Waals surface area contributed by atoms with Crippen molar-refractivity contribution in [3.8, 4) is 0 Å². The number of carbonyl (C=O) groups is 1. The smallest absolute Gasteiger partial charge is 0.231 e. The Labute approximate surface area is 126 Å². The van der Waals surface area contributed by atoms with Gasteiger partial charge in [0.25, 0.3) is 0 Å². The quantitative estimate of drug-likeness (QED) is 0.839. The zero-order chi connectivity index (χ0) is 14.7. The zero-order valence-electron chi connectivity index (χ0n) is 12.3. The van der Waals surface area contributed by atoms with Crippen LogP contribution in [0.25, 0.3) is 0 Å². The van der Waals surface area contributed by atoms with E-state index in [1.54, 1.807) is 0 Å². The van der Waals surface area contributed by atoms with Crippen LogP contribution in [0.15, 0.2) is 36.4 Å². The third-order valence-electron chi connectivity index (χ3n) is 4.31. The minimum absolute atomic E-state index is 0.0160. The summed E-state index contributed by atoms with van der Waals surface area (Å²) in [5, 5.41) is 2.97. The van der Waals surface area contributed by atoms with Gasteiger partial charge in [0.05, 0.1) is 5.92 Å². The highest BCUT2D eigenvalue weighted by Crippen LogP contribution is 2.23. The van der Waals surface area contributed by atoms with Crippen molar-refractivity contribution in [2.45, 2.75) is 31.7 Å². The van der Waals surface area contributed by atoms with Crippen LogP contribution >= 0.6 is 0 Å². The number of hydrogen-bond donors (Lipinski definition) is 2. The lowest BCUT2D eigenvalue weighted by atomic mass is 10.1. The van der Waals surface area contributed by atoms with E-state index in [0.717, 1.165) is 18.8 Å². The SMILES string of the molecule is NC1C=CC(C(=O)Nc2ccc(N3CCCCC3)cc2)C1. The lowest BCUT2D eigenvalue weighted by molar-refractivity contribution is -0.118. The number of anilines is 2. The molecule has 4 heteroatoms. The first-order valence-corrected chi connectivity index (χ1v) is 7.82. The summed E-state index contributed by atoms with van der Waals surface area (Å²) in [5.41, 5.74) is 7.89. The van der Waals surface area contributed by atoms with Crippen LogP contribution < -0.4 is 16.0 Å². The lowest BCUT2D eigenvalue weighted by Gasteiger charge is -2.28. The van der Waals surface area contributed by atoms with Crippen molar-refractivity contribution in [2.75, 3.05) is 23.3 Å². The van der Waals surface area contributed by atoms with Gasteiger partial charge in [-0.2, -0.15) is 0 Å². The maximum absolute atomic E-state index is 12.1. The van der Waals surface area contributed by atoms with Gasteiger partial charge in [-0.05, 0) is 49.9 Å². The summed E-state index contributed by atoms with van der Waals surface area (Å²) in [7, 11) is 0. The number of piperidine rings is 1. The highest BCUT2D eigenvalue weighted by atomic mass is 16.1. The van der Waals surface area contributed by atoms with Gasteiger partial charge in [0.15, 0.2) is 0 Å². The normalized spacial score (nSPS) is 25.1. The molecule has 21 heavy (non-hydrogen) atoms. The molecule has 0 saturated carbocycles. The molecule has 112 valence electrons. The molecule has 2 aliphatic rings. The maximum Gasteiger partial charge on any atom is 0.231 e. The molecule has 2 unspecified atom stereocenters. The van der Waals surface area contributed by atoms with Gasteiger partial charge in [0, 0.05) is 30.5 Å². The molecule has 0 bridgehead atoms. The molecule has 0 radical (unpaired) electrons. The van der Waals surface area contributed by atoms with E-state index < -0.39 is 0 Å². The number of amides is 1. The zero-order valence-corrected chi connectivity index (χ0v) is 12.3. The molecule has 4 nitrogen and oxygen atoms in total. The van der Waals surface area contributed by atoms with Gasteiger partial charge < -0.3 is 16.0 Å². The maximum atomic E-state index is 12.1. The van der Waals surface area contributed by atoms with Gasteiger partial charge in [0.2, 0.25) is 5.91 Å². The van der Waals surface area contributed by atoms with Crippen LogP contribution in [0.5, 0.6) is 0 Å². The second-order valence-electron chi connectivity index (χ2n) is 5.97. The molecule has 1 heterocycles. The van der Waals surface area contributed by atoms with E-state index in [2.05, 4.69) is 22.3 Å². The van der Waals surface area contributed by atoms with E-state index >= 15 is 0 Å². The Morgan fingerprint density at radius 1 is 1.10 bits per heavy atom. The molecule has 3 rings (SSSR count). The van der Waals surface area contributed by atoms with Crippen LogP contribution in [0.3, 0.4) is 0 Å². The number of nitrogens with zero attached hydrogens (tertiary/aromatic N) is 1. The number of nitrogens with two attached hydrogens (primary N) is 1. The summed E-state index contributed by atoms with van der Waals surface area (Å²) in [6, 6.07) is 8.18. The molecule has 1 aromatic carbocycles. The van der Waals surface area contributed by atoms with E-state index in [1.165, 1.54) is 24.9 Å². The average molecular weight is 285 g/mol. The molecule has 1 aliphatic heterocycles. The topological polar surface area (TPSA) is 58.4 Å². The van der Waals surface area contributed by atoms with Gasteiger partial charge in [-0.3, -0.25) is 4.79 Å². The Bertz CT molecular complexity index is 517. The molecule has 0 aromatic heterocycles. The Hall–Kier alpha value is -1.81. The Morgan fingerprint density at radius 2 is 1.81 bits per heavy atom. The first kappa shape index (κ1) is 14.1. The minimum atomic E-state index is -0.0956. The van der Waals surface area contributed by atoms with Crippen LogP contribution in [0.2, 0.25) is 0 Å². The van der Waals surface area contributed by atoms with Crippen molar-refractivity contribution in [1.82, 2.24) is 0 Å². The molecule has 2 atom stereocenters. The number of hydrogen-bond acceptors (Lipinski definition) is 3. The van der Waals surface area contributed by atoms with Crippen LogP contribution in [-0.2, 0) is 4.79 Å². The average Bonchev–Trinajstić information content (AvgIpc) is 2.96. The standard InChI is InChI=1S/C17H23N3O/c18-14-5-4-13(12-14)17(21)19-15-6-8-16(9-7-15)20-10-2-1-3-11-20/h4-9,13-14H,1-3,10-12,18H2,(H,19,21). The summed E-state index contributed by atoms with van der Waals surface area (Å²) < 4.78 is 0. The minimum Gasteiger partial charge on any atom is -0.372 e. The number of nitrogens with one attached hydrogen (secondary N) is 1. The third-order valence-corrected chi connectivity index (χ3v) is 4.31. The predicted molar refractivity (Wildman–Crippen MR) is 86.4 cm³/mol. The van der Waals surface area contributed by atoms with E-state index in [4.69, 9.17) is 5.73 Å². The van der Waals surface area contributed by atoms with E-state index in [9.17, 15) is 4.79 Å². The van der Waals surface area contributed by atoms with Crippen LogP contribution in [0.4, 0.5) is 11.4 Å². The fourth-order valence-corrected chi connectivity index (χ4v) is 3.06. The Morgan fingerprint density at radius 3 is 2.43 bits per heavy atom.